The van der Waals surface area contributed by atoms with Crippen LogP contribution in [0.5, 0.6) is 0 Å². The Hall–Kier alpha value is -1.82. The summed E-state index contributed by atoms with van der Waals surface area (Å²) in [5.74, 6) is 2.12. The van der Waals surface area contributed by atoms with E-state index in [1.54, 1.807) is 0 Å². The van der Waals surface area contributed by atoms with Gasteiger partial charge in [-0.15, -0.1) is 10.2 Å². The first-order valence-corrected chi connectivity index (χ1v) is 9.72. The summed E-state index contributed by atoms with van der Waals surface area (Å²) in [6.07, 6.45) is 1.19. The minimum Gasteiger partial charge on any atom is -0.411 e. The highest BCUT2D eigenvalue weighted by atomic mass is 32.2. The highest BCUT2D eigenvalue weighted by molar-refractivity contribution is 7.99. The number of carbonyl (C=O) groups is 1. The Labute approximate surface area is 153 Å². The van der Waals surface area contributed by atoms with Gasteiger partial charge in [0.15, 0.2) is 0 Å². The number of hydrogen-bond acceptors (Lipinski definition) is 5. The lowest BCUT2D eigenvalue weighted by Gasteiger charge is -2.34. The second kappa shape index (κ2) is 7.60. The molecule has 2 heterocycles. The first-order chi connectivity index (χ1) is 11.9. The highest BCUT2D eigenvalue weighted by Crippen LogP contribution is 2.26. The van der Waals surface area contributed by atoms with E-state index in [1.165, 1.54) is 18.2 Å². The molecule has 0 saturated carbocycles. The minimum atomic E-state index is 0.148. The van der Waals surface area contributed by atoms with Crippen molar-refractivity contribution >= 4 is 17.7 Å². The predicted molar refractivity (Wildman–Crippen MR) is 99.5 cm³/mol. The zero-order valence-corrected chi connectivity index (χ0v) is 16.1. The molecule has 1 aliphatic rings. The normalized spacial score (nSPS) is 20.7. The average Bonchev–Trinajstić information content (AvgIpc) is 2.99. The molecule has 0 aliphatic carbocycles. The van der Waals surface area contributed by atoms with Crippen LogP contribution in [0.25, 0.3) is 11.5 Å². The van der Waals surface area contributed by atoms with Crippen LogP contribution in [0, 0.1) is 25.7 Å². The SMILES string of the molecule is Cc1cc(C)cc(-c2nnc(SCC(=O)N3CC(C)CC(C)C3)o2)c1. The monoisotopic (exact) mass is 359 g/mol. The molecule has 1 aliphatic heterocycles. The van der Waals surface area contributed by atoms with Crippen LogP contribution in [-0.2, 0) is 4.79 Å². The Morgan fingerprint density at radius 2 is 1.80 bits per heavy atom. The number of rotatable bonds is 4. The van der Waals surface area contributed by atoms with Crippen LogP contribution in [0.2, 0.25) is 0 Å². The molecule has 2 atom stereocenters. The van der Waals surface area contributed by atoms with Crippen molar-refractivity contribution in [2.75, 3.05) is 18.8 Å². The number of benzene rings is 1. The van der Waals surface area contributed by atoms with Gasteiger partial charge in [0.1, 0.15) is 0 Å². The van der Waals surface area contributed by atoms with Gasteiger partial charge < -0.3 is 9.32 Å². The second-order valence-corrected chi connectivity index (χ2v) is 8.21. The maximum Gasteiger partial charge on any atom is 0.277 e. The number of likely N-dealkylation sites (tertiary alicyclic amines) is 1. The molecule has 0 bridgehead atoms. The maximum atomic E-state index is 12.4. The van der Waals surface area contributed by atoms with E-state index in [9.17, 15) is 4.79 Å². The van der Waals surface area contributed by atoms with Crippen molar-refractivity contribution < 1.29 is 9.21 Å². The van der Waals surface area contributed by atoms with E-state index < -0.39 is 0 Å². The van der Waals surface area contributed by atoms with Crippen LogP contribution >= 0.6 is 11.8 Å². The van der Waals surface area contributed by atoms with Gasteiger partial charge in [-0.25, -0.2) is 0 Å². The molecule has 5 nitrogen and oxygen atoms in total. The van der Waals surface area contributed by atoms with E-state index in [2.05, 4.69) is 30.1 Å². The number of piperidine rings is 1. The van der Waals surface area contributed by atoms with E-state index in [1.807, 2.05) is 30.9 Å². The van der Waals surface area contributed by atoms with E-state index in [4.69, 9.17) is 4.42 Å². The lowest BCUT2D eigenvalue weighted by molar-refractivity contribution is -0.130. The first-order valence-electron chi connectivity index (χ1n) is 8.73. The summed E-state index contributed by atoms with van der Waals surface area (Å²) >= 11 is 1.32. The second-order valence-electron chi connectivity index (χ2n) is 7.28. The molecule has 134 valence electrons. The molecule has 0 spiro atoms. The number of hydrogen-bond donors (Lipinski definition) is 0. The molecule has 1 aromatic heterocycles. The van der Waals surface area contributed by atoms with Crippen LogP contribution in [0.3, 0.4) is 0 Å². The Balaban J connectivity index is 1.61. The zero-order chi connectivity index (χ0) is 18.0. The molecule has 0 radical (unpaired) electrons. The third-order valence-electron chi connectivity index (χ3n) is 4.42. The Kier molecular flexibility index (Phi) is 5.47. The molecule has 1 amide bonds. The van der Waals surface area contributed by atoms with Crippen molar-refractivity contribution in [2.24, 2.45) is 11.8 Å². The topological polar surface area (TPSA) is 59.2 Å². The summed E-state index contributed by atoms with van der Waals surface area (Å²) in [7, 11) is 0. The van der Waals surface area contributed by atoms with Crippen molar-refractivity contribution in [3.8, 4) is 11.5 Å². The predicted octanol–water partition coefficient (Wildman–Crippen LogP) is 3.95. The van der Waals surface area contributed by atoms with Crippen LogP contribution in [0.1, 0.15) is 31.4 Å². The van der Waals surface area contributed by atoms with Gasteiger partial charge in [-0.3, -0.25) is 4.79 Å². The Bertz CT molecular complexity index is 729. The fourth-order valence-electron chi connectivity index (χ4n) is 3.56. The van der Waals surface area contributed by atoms with Gasteiger partial charge in [0.05, 0.1) is 5.75 Å². The maximum absolute atomic E-state index is 12.4. The summed E-state index contributed by atoms with van der Waals surface area (Å²) in [5, 5.41) is 8.64. The van der Waals surface area contributed by atoms with Gasteiger partial charge in [0.2, 0.25) is 11.8 Å². The molecule has 2 unspecified atom stereocenters. The largest absolute Gasteiger partial charge is 0.411 e. The molecule has 0 N–H and O–H groups in total. The molecule has 3 rings (SSSR count). The summed E-state index contributed by atoms with van der Waals surface area (Å²) < 4.78 is 5.73. The molecular formula is C19H25N3O2S. The van der Waals surface area contributed by atoms with Crippen molar-refractivity contribution in [3.63, 3.8) is 0 Å². The third kappa shape index (κ3) is 4.63. The van der Waals surface area contributed by atoms with Gasteiger partial charge in [-0.2, -0.15) is 0 Å². The summed E-state index contributed by atoms with van der Waals surface area (Å²) in [6, 6.07) is 6.15. The summed E-state index contributed by atoms with van der Waals surface area (Å²) in [4.78, 5) is 14.4. The number of aryl methyl sites for hydroxylation is 2. The Morgan fingerprint density at radius 3 is 2.44 bits per heavy atom. The number of aromatic nitrogens is 2. The zero-order valence-electron chi connectivity index (χ0n) is 15.3. The quantitative estimate of drug-likeness (QED) is 0.774. The summed E-state index contributed by atoms with van der Waals surface area (Å²) in [6.45, 7) is 10.2. The van der Waals surface area contributed by atoms with Gasteiger partial charge in [0.25, 0.3) is 5.22 Å². The van der Waals surface area contributed by atoms with Crippen molar-refractivity contribution in [3.05, 3.63) is 29.3 Å². The van der Waals surface area contributed by atoms with Crippen LogP contribution in [0.4, 0.5) is 0 Å². The van der Waals surface area contributed by atoms with Crippen LogP contribution < -0.4 is 0 Å². The number of amides is 1. The standard InChI is InChI=1S/C19H25N3O2S/c1-12-5-13(2)8-16(7-12)18-20-21-19(24-18)25-11-17(23)22-9-14(3)6-15(4)10-22/h5,7-8,14-15H,6,9-11H2,1-4H3. The molecular weight excluding hydrogens is 334 g/mol. The minimum absolute atomic E-state index is 0.148. The van der Waals surface area contributed by atoms with Gasteiger partial charge in [0, 0.05) is 18.7 Å². The van der Waals surface area contributed by atoms with Crippen molar-refractivity contribution in [2.45, 2.75) is 39.3 Å². The fourth-order valence-corrected chi connectivity index (χ4v) is 4.23. The fraction of sp³-hybridized carbons (Fsp3) is 0.526. The van der Waals surface area contributed by atoms with Gasteiger partial charge in [-0.05, 0) is 44.2 Å². The average molecular weight is 359 g/mol. The van der Waals surface area contributed by atoms with E-state index in [0.29, 0.717) is 28.7 Å². The number of nitrogens with zero attached hydrogens (tertiary/aromatic N) is 3. The molecule has 6 heteroatoms. The molecule has 1 fully saturated rings. The third-order valence-corrected chi connectivity index (χ3v) is 5.22. The van der Waals surface area contributed by atoms with Gasteiger partial charge in [-0.1, -0.05) is 42.8 Å². The Morgan fingerprint density at radius 1 is 1.16 bits per heavy atom. The summed E-state index contributed by atoms with van der Waals surface area (Å²) in [5.41, 5.74) is 3.23. The molecule has 1 aromatic carbocycles. The molecule has 25 heavy (non-hydrogen) atoms. The number of thioether (sulfide) groups is 1. The van der Waals surface area contributed by atoms with Crippen LogP contribution in [0.15, 0.2) is 27.8 Å². The van der Waals surface area contributed by atoms with Crippen molar-refractivity contribution in [1.29, 1.82) is 0 Å². The molecule has 2 aromatic rings. The van der Waals surface area contributed by atoms with E-state index >= 15 is 0 Å². The first kappa shape index (κ1) is 18.0. The smallest absolute Gasteiger partial charge is 0.277 e. The van der Waals surface area contributed by atoms with Gasteiger partial charge >= 0.3 is 0 Å². The van der Waals surface area contributed by atoms with Crippen LogP contribution in [-0.4, -0.2) is 39.8 Å². The van der Waals surface area contributed by atoms with Crippen molar-refractivity contribution in [1.82, 2.24) is 15.1 Å². The lowest BCUT2D eigenvalue weighted by atomic mass is 9.92. The highest BCUT2D eigenvalue weighted by Gasteiger charge is 2.25. The lowest BCUT2D eigenvalue weighted by Crippen LogP contribution is -2.43. The van der Waals surface area contributed by atoms with E-state index in [0.717, 1.165) is 29.8 Å². The number of carbonyl (C=O) groups excluding carboxylic acids is 1. The van der Waals surface area contributed by atoms with E-state index in [-0.39, 0.29) is 5.91 Å². The molecule has 1 saturated heterocycles.